The van der Waals surface area contributed by atoms with E-state index in [2.05, 4.69) is 59.2 Å². The van der Waals surface area contributed by atoms with Gasteiger partial charge in [-0.25, -0.2) is 4.99 Å². The van der Waals surface area contributed by atoms with E-state index in [-0.39, 0.29) is 23.4 Å². The van der Waals surface area contributed by atoms with Crippen LogP contribution in [-0.2, 0) is 13.1 Å². The number of nitriles is 1. The summed E-state index contributed by atoms with van der Waals surface area (Å²) in [5.41, 5.74) is 10.4. The van der Waals surface area contributed by atoms with Gasteiger partial charge in [0, 0.05) is 31.4 Å². The highest BCUT2D eigenvalue weighted by atomic mass is 16.1. The summed E-state index contributed by atoms with van der Waals surface area (Å²) in [6.45, 7) is 8.61. The Kier molecular flexibility index (Phi) is 6.85. The predicted molar refractivity (Wildman–Crippen MR) is 132 cm³/mol. The van der Waals surface area contributed by atoms with Gasteiger partial charge in [-0.15, -0.1) is 0 Å². The highest BCUT2D eigenvalue weighted by Gasteiger charge is 2.27. The van der Waals surface area contributed by atoms with Crippen molar-refractivity contribution in [2.24, 2.45) is 22.6 Å². The molecule has 2 aliphatic rings. The van der Waals surface area contributed by atoms with E-state index in [0.717, 1.165) is 44.5 Å². The molecule has 4 rings (SSSR count). The van der Waals surface area contributed by atoms with Crippen molar-refractivity contribution in [2.75, 3.05) is 5.32 Å². The number of amidine groups is 1. The molecule has 174 valence electrons. The lowest BCUT2D eigenvalue weighted by atomic mass is 9.85. The van der Waals surface area contributed by atoms with Gasteiger partial charge < -0.3 is 16.0 Å². The molecule has 0 spiro atoms. The van der Waals surface area contributed by atoms with E-state index in [1.165, 1.54) is 11.1 Å². The second kappa shape index (κ2) is 9.80. The lowest BCUT2D eigenvalue weighted by Crippen LogP contribution is -2.34. The van der Waals surface area contributed by atoms with Gasteiger partial charge in [0.15, 0.2) is 0 Å². The third kappa shape index (κ3) is 4.96. The third-order valence-corrected chi connectivity index (χ3v) is 7.22. The predicted octanol–water partition coefficient (Wildman–Crippen LogP) is 4.27. The number of aromatic amines is 1. The fraction of sp³-hybridized carbons (Fsp3) is 0.500. The summed E-state index contributed by atoms with van der Waals surface area (Å²) in [5.74, 6) is 0.693. The van der Waals surface area contributed by atoms with Gasteiger partial charge in [0.05, 0.1) is 23.4 Å². The number of hydrogen-bond acceptors (Lipinski definition) is 5. The van der Waals surface area contributed by atoms with Crippen LogP contribution in [0.25, 0.3) is 0 Å². The number of rotatable bonds is 6. The molecule has 2 aromatic rings. The largest absolute Gasteiger partial charge is 0.383 e. The van der Waals surface area contributed by atoms with E-state index in [0.29, 0.717) is 23.2 Å². The van der Waals surface area contributed by atoms with Crippen LogP contribution in [0.1, 0.15) is 63.1 Å². The molecule has 4 N–H and O–H groups in total. The number of benzene rings is 1. The zero-order chi connectivity index (χ0) is 23.5. The van der Waals surface area contributed by atoms with Gasteiger partial charge >= 0.3 is 0 Å². The standard InChI is InChI=1S/C26H34N6O/c1-16(2)17(3)32-14-19-8-9-21(12-20(19)15-32)30-25(28)24-23(10-11-29-26(24)33)31-22-7-5-4-6-18(22)13-27/h8-12,16-18,22H,4-7,14-15H2,1-3H3,(H2,28,30)(H2,29,31,33)/t17-,18?,22-/m0/s1. The number of nitrogens with one attached hydrogen (secondary N) is 2. The van der Waals surface area contributed by atoms with Crippen molar-refractivity contribution in [3.8, 4) is 6.07 Å². The molecule has 7 heteroatoms. The Morgan fingerprint density at radius 2 is 1.97 bits per heavy atom. The van der Waals surface area contributed by atoms with Crippen LogP contribution in [0.2, 0.25) is 0 Å². The van der Waals surface area contributed by atoms with E-state index in [9.17, 15) is 10.1 Å². The van der Waals surface area contributed by atoms with Crippen LogP contribution < -0.4 is 16.6 Å². The zero-order valence-electron chi connectivity index (χ0n) is 19.8. The second-order valence-electron chi connectivity index (χ2n) is 9.71. The minimum absolute atomic E-state index is 0.00558. The van der Waals surface area contributed by atoms with Crippen molar-refractivity contribution in [3.63, 3.8) is 0 Å². The molecular formula is C26H34N6O. The number of nitrogens with zero attached hydrogens (tertiary/aromatic N) is 3. The van der Waals surface area contributed by atoms with Crippen molar-refractivity contribution < 1.29 is 0 Å². The summed E-state index contributed by atoms with van der Waals surface area (Å²) in [5, 5.41) is 12.9. The van der Waals surface area contributed by atoms with E-state index in [1.54, 1.807) is 12.3 Å². The number of nitrogens with two attached hydrogens (primary N) is 1. The Morgan fingerprint density at radius 3 is 2.73 bits per heavy atom. The van der Waals surface area contributed by atoms with Gasteiger partial charge in [0.25, 0.3) is 5.56 Å². The summed E-state index contributed by atoms with van der Waals surface area (Å²) < 4.78 is 0. The fourth-order valence-corrected chi connectivity index (χ4v) is 4.89. The lowest BCUT2D eigenvalue weighted by Gasteiger charge is -2.29. The smallest absolute Gasteiger partial charge is 0.261 e. The molecule has 0 bridgehead atoms. The van der Waals surface area contributed by atoms with Crippen LogP contribution >= 0.6 is 0 Å². The van der Waals surface area contributed by atoms with Gasteiger partial charge in [-0.1, -0.05) is 32.8 Å². The molecule has 7 nitrogen and oxygen atoms in total. The molecule has 1 aromatic heterocycles. The van der Waals surface area contributed by atoms with Gasteiger partial charge in [-0.2, -0.15) is 5.26 Å². The molecule has 0 saturated heterocycles. The Morgan fingerprint density at radius 1 is 1.21 bits per heavy atom. The Hall–Kier alpha value is -3.11. The summed E-state index contributed by atoms with van der Waals surface area (Å²) in [4.78, 5) is 22.5. The van der Waals surface area contributed by atoms with Crippen molar-refractivity contribution >= 4 is 17.2 Å². The number of fused-ring (bicyclic) bond motifs is 1. The molecule has 3 atom stereocenters. The Balaban J connectivity index is 1.59. The number of H-pyrrole nitrogens is 1. The van der Waals surface area contributed by atoms with Crippen molar-refractivity contribution in [3.05, 3.63) is 57.5 Å². The molecule has 1 aromatic carbocycles. The molecule has 0 radical (unpaired) electrons. The maximum Gasteiger partial charge on any atom is 0.261 e. The quantitative estimate of drug-likeness (QED) is 0.453. The summed E-state index contributed by atoms with van der Waals surface area (Å²) in [6.07, 6.45) is 5.51. The molecule has 1 saturated carbocycles. The highest BCUT2D eigenvalue weighted by molar-refractivity contribution is 6.03. The first-order valence-electron chi connectivity index (χ1n) is 12.0. The molecule has 1 aliphatic heterocycles. The molecular weight excluding hydrogens is 412 g/mol. The second-order valence-corrected chi connectivity index (χ2v) is 9.71. The summed E-state index contributed by atoms with van der Waals surface area (Å²) >= 11 is 0. The molecule has 33 heavy (non-hydrogen) atoms. The minimum atomic E-state index is -0.288. The minimum Gasteiger partial charge on any atom is -0.383 e. The molecule has 1 unspecified atom stereocenters. The normalized spacial score (nSPS) is 22.1. The van der Waals surface area contributed by atoms with Crippen molar-refractivity contribution in [1.29, 1.82) is 5.26 Å². The van der Waals surface area contributed by atoms with Gasteiger partial charge in [0.1, 0.15) is 11.4 Å². The van der Waals surface area contributed by atoms with E-state index >= 15 is 0 Å². The third-order valence-electron chi connectivity index (χ3n) is 7.22. The summed E-state index contributed by atoms with van der Waals surface area (Å²) in [7, 11) is 0. The molecule has 2 heterocycles. The van der Waals surface area contributed by atoms with Crippen LogP contribution in [0.5, 0.6) is 0 Å². The maximum atomic E-state index is 12.7. The van der Waals surface area contributed by atoms with Crippen molar-refractivity contribution in [2.45, 2.75) is 71.6 Å². The number of aliphatic imine (C=N–C) groups is 1. The van der Waals surface area contributed by atoms with Gasteiger partial charge in [0.2, 0.25) is 0 Å². The maximum absolute atomic E-state index is 12.7. The first-order chi connectivity index (χ1) is 15.9. The van der Waals surface area contributed by atoms with Gasteiger partial charge in [-0.05, 0) is 55.0 Å². The lowest BCUT2D eigenvalue weighted by molar-refractivity contribution is 0.170. The van der Waals surface area contributed by atoms with Crippen LogP contribution in [-0.4, -0.2) is 27.8 Å². The number of aromatic nitrogens is 1. The molecule has 0 amide bonds. The topological polar surface area (TPSA) is 110 Å². The summed E-state index contributed by atoms with van der Waals surface area (Å²) in [6, 6.07) is 10.9. The fourth-order valence-electron chi connectivity index (χ4n) is 4.89. The number of hydrogen-bond donors (Lipinski definition) is 3. The first-order valence-corrected chi connectivity index (χ1v) is 12.0. The van der Waals surface area contributed by atoms with E-state index < -0.39 is 0 Å². The zero-order valence-corrected chi connectivity index (χ0v) is 19.8. The Bertz CT molecular complexity index is 1130. The number of anilines is 1. The average molecular weight is 447 g/mol. The van der Waals surface area contributed by atoms with Crippen molar-refractivity contribution in [1.82, 2.24) is 9.88 Å². The Labute approximate surface area is 195 Å². The van der Waals surface area contributed by atoms with E-state index in [1.807, 2.05) is 6.07 Å². The van der Waals surface area contributed by atoms with Gasteiger partial charge in [-0.3, -0.25) is 9.69 Å². The molecule has 1 fully saturated rings. The van der Waals surface area contributed by atoms with Crippen LogP contribution in [0.15, 0.2) is 40.2 Å². The van der Waals surface area contributed by atoms with Crippen LogP contribution in [0, 0.1) is 23.2 Å². The average Bonchev–Trinajstić information content (AvgIpc) is 3.22. The molecule has 1 aliphatic carbocycles. The first kappa shape index (κ1) is 23.1. The van der Waals surface area contributed by atoms with Crippen LogP contribution in [0.3, 0.4) is 0 Å². The highest BCUT2D eigenvalue weighted by Crippen LogP contribution is 2.31. The number of pyridine rings is 1. The van der Waals surface area contributed by atoms with E-state index in [4.69, 9.17) is 5.73 Å². The SMILES string of the molecule is CC(C)[C@H](C)N1Cc2ccc(N=C(N)c3c(N[C@H]4CCCCC4C#N)cc[nH]c3=O)cc2C1. The monoisotopic (exact) mass is 446 g/mol. The van der Waals surface area contributed by atoms with Crippen LogP contribution in [0.4, 0.5) is 11.4 Å².